The van der Waals surface area contributed by atoms with Gasteiger partial charge in [-0.15, -0.1) is 0 Å². The van der Waals surface area contributed by atoms with Gasteiger partial charge in [0.15, 0.2) is 14.6 Å². The molecule has 0 atom stereocenters. The van der Waals surface area contributed by atoms with Crippen molar-refractivity contribution in [3.8, 4) is 0 Å². The van der Waals surface area contributed by atoms with E-state index in [4.69, 9.17) is 11.6 Å². The summed E-state index contributed by atoms with van der Waals surface area (Å²) in [6.07, 6.45) is -0.174. The minimum Gasteiger partial charge on any atom is -0.317 e. The zero-order valence-corrected chi connectivity index (χ0v) is 18.3. The summed E-state index contributed by atoms with van der Waals surface area (Å²) in [5.41, 5.74) is 0.992. The minimum absolute atomic E-state index is 0.148. The normalized spacial score (nSPS) is 12.6. The van der Waals surface area contributed by atoms with Crippen molar-refractivity contribution in [2.75, 3.05) is 5.75 Å². The smallest absolute Gasteiger partial charge is 0.249 e. The van der Waals surface area contributed by atoms with Gasteiger partial charge in [0, 0.05) is 22.5 Å². The average molecular weight is 488 g/mol. The van der Waals surface area contributed by atoms with Crippen LogP contribution >= 0.6 is 38.9 Å². The number of sulfone groups is 1. The molecule has 0 aliphatic rings. The fourth-order valence-corrected chi connectivity index (χ4v) is 5.60. The van der Waals surface area contributed by atoms with Crippen molar-refractivity contribution in [1.29, 1.82) is 0 Å². The molecule has 0 saturated heterocycles. The maximum atomic E-state index is 12.4. The van der Waals surface area contributed by atoms with E-state index in [1.54, 1.807) is 0 Å². The first kappa shape index (κ1) is 20.3. The van der Waals surface area contributed by atoms with Crippen LogP contribution in [-0.4, -0.2) is 24.6 Å². The van der Waals surface area contributed by atoms with Gasteiger partial charge in [0.05, 0.1) is 20.9 Å². The molecule has 0 saturated carbocycles. The van der Waals surface area contributed by atoms with Gasteiger partial charge < -0.3 is 4.57 Å². The molecule has 5 nitrogen and oxygen atoms in total. The molecule has 27 heavy (non-hydrogen) atoms. The highest BCUT2D eigenvalue weighted by Gasteiger charge is 2.16. The van der Waals surface area contributed by atoms with Crippen LogP contribution < -0.4 is 4.80 Å². The van der Waals surface area contributed by atoms with E-state index >= 15 is 0 Å². The minimum atomic E-state index is -3.56. The molecule has 1 aromatic heterocycles. The molecular weight excluding hydrogens is 472 g/mol. The van der Waals surface area contributed by atoms with Crippen LogP contribution in [0.1, 0.15) is 13.3 Å². The van der Waals surface area contributed by atoms with Gasteiger partial charge >= 0.3 is 0 Å². The van der Waals surface area contributed by atoms with Crippen molar-refractivity contribution in [3.63, 3.8) is 0 Å². The first-order chi connectivity index (χ1) is 12.8. The topological polar surface area (TPSA) is 68.5 Å². The van der Waals surface area contributed by atoms with Gasteiger partial charge in [-0.05, 0) is 49.4 Å². The van der Waals surface area contributed by atoms with Gasteiger partial charge in [0.2, 0.25) is 5.91 Å². The summed E-state index contributed by atoms with van der Waals surface area (Å²) in [5.74, 6) is -0.750. The van der Waals surface area contributed by atoms with Crippen molar-refractivity contribution in [1.82, 2.24) is 4.57 Å². The molecule has 1 amide bonds. The lowest BCUT2D eigenvalue weighted by molar-refractivity contribution is -0.117. The molecule has 0 fully saturated rings. The summed E-state index contributed by atoms with van der Waals surface area (Å²) in [6, 6.07) is 11.8. The number of rotatable bonds is 5. The zero-order valence-electron chi connectivity index (χ0n) is 14.4. The molecule has 9 heteroatoms. The Morgan fingerprint density at radius 3 is 2.59 bits per heavy atom. The largest absolute Gasteiger partial charge is 0.317 e. The molecule has 1 heterocycles. The van der Waals surface area contributed by atoms with Crippen molar-refractivity contribution in [2.45, 2.75) is 24.8 Å². The maximum Gasteiger partial charge on any atom is 0.249 e. The molecule has 0 N–H and O–H groups in total. The summed E-state index contributed by atoms with van der Waals surface area (Å²) in [5, 5.41) is 0.459. The van der Waals surface area contributed by atoms with E-state index in [2.05, 4.69) is 20.9 Å². The Morgan fingerprint density at radius 1 is 1.22 bits per heavy atom. The van der Waals surface area contributed by atoms with Crippen LogP contribution in [-0.2, 0) is 21.2 Å². The van der Waals surface area contributed by atoms with E-state index in [1.807, 2.05) is 29.7 Å². The molecule has 3 aromatic rings. The van der Waals surface area contributed by atoms with E-state index in [1.165, 1.54) is 35.6 Å². The molecule has 3 rings (SSSR count). The van der Waals surface area contributed by atoms with Crippen LogP contribution in [0, 0.1) is 0 Å². The number of amides is 1. The lowest BCUT2D eigenvalue weighted by Gasteiger charge is -2.03. The average Bonchev–Trinajstić information content (AvgIpc) is 2.96. The Morgan fingerprint density at radius 2 is 1.93 bits per heavy atom. The number of fused-ring (bicyclic) bond motifs is 1. The Hall–Kier alpha value is -1.48. The van der Waals surface area contributed by atoms with Crippen molar-refractivity contribution < 1.29 is 13.2 Å². The number of halogens is 2. The standard InChI is InChI=1S/C18H16BrClN2O3S2/c1-2-22-15-8-3-12(19)11-16(15)26-18(22)21-17(23)9-10-27(24,25)14-6-4-13(20)5-7-14/h3-8,11H,2,9-10H2,1H3. The van der Waals surface area contributed by atoms with Gasteiger partial charge in [0.1, 0.15) is 0 Å². The number of hydrogen-bond acceptors (Lipinski definition) is 4. The van der Waals surface area contributed by atoms with E-state index in [-0.39, 0.29) is 17.1 Å². The van der Waals surface area contributed by atoms with Gasteiger partial charge in [0.25, 0.3) is 0 Å². The third kappa shape index (κ3) is 4.68. The Bertz CT molecular complexity index is 1170. The monoisotopic (exact) mass is 486 g/mol. The van der Waals surface area contributed by atoms with Gasteiger partial charge in [-0.3, -0.25) is 4.79 Å². The predicted molar refractivity (Wildman–Crippen MR) is 112 cm³/mol. The Balaban J connectivity index is 1.83. The molecule has 2 aromatic carbocycles. The number of aryl methyl sites for hydroxylation is 1. The second-order valence-corrected chi connectivity index (χ2v) is 10.2. The molecular formula is C18H16BrClN2O3S2. The molecule has 0 unspecified atom stereocenters. The second kappa shape index (κ2) is 8.26. The van der Waals surface area contributed by atoms with Crippen molar-refractivity contribution in [3.05, 3.63) is 56.8 Å². The van der Waals surface area contributed by atoms with Gasteiger partial charge in [-0.2, -0.15) is 4.99 Å². The lowest BCUT2D eigenvalue weighted by atomic mass is 10.3. The number of carbonyl (C=O) groups excluding carboxylic acids is 1. The van der Waals surface area contributed by atoms with Gasteiger partial charge in [-0.1, -0.05) is 38.9 Å². The zero-order chi connectivity index (χ0) is 19.6. The number of benzene rings is 2. The maximum absolute atomic E-state index is 12.4. The van der Waals surface area contributed by atoms with Crippen LogP contribution in [0.15, 0.2) is 56.8 Å². The SMILES string of the molecule is CCn1c(=NC(=O)CCS(=O)(=O)c2ccc(Cl)cc2)sc2cc(Br)ccc21. The van der Waals surface area contributed by atoms with E-state index in [0.29, 0.717) is 16.4 Å². The fraction of sp³-hybridized carbons (Fsp3) is 0.222. The molecule has 0 radical (unpaired) electrons. The second-order valence-electron chi connectivity index (χ2n) is 5.77. The van der Waals surface area contributed by atoms with Crippen molar-refractivity contribution in [2.24, 2.45) is 4.99 Å². The Kier molecular flexibility index (Phi) is 6.20. The highest BCUT2D eigenvalue weighted by molar-refractivity contribution is 9.10. The molecule has 0 spiro atoms. The number of aromatic nitrogens is 1. The van der Waals surface area contributed by atoms with Gasteiger partial charge in [-0.25, -0.2) is 8.42 Å². The summed E-state index contributed by atoms with van der Waals surface area (Å²) in [7, 11) is -3.56. The summed E-state index contributed by atoms with van der Waals surface area (Å²) < 4.78 is 28.6. The number of thiazole rings is 1. The van der Waals surface area contributed by atoms with Crippen LogP contribution in [0.3, 0.4) is 0 Å². The molecule has 0 aliphatic heterocycles. The third-order valence-electron chi connectivity index (χ3n) is 3.94. The van der Waals surface area contributed by atoms with Crippen LogP contribution in [0.4, 0.5) is 0 Å². The van der Waals surface area contributed by atoms with E-state index < -0.39 is 15.7 Å². The highest BCUT2D eigenvalue weighted by atomic mass is 79.9. The van der Waals surface area contributed by atoms with Crippen LogP contribution in [0.25, 0.3) is 10.2 Å². The third-order valence-corrected chi connectivity index (χ3v) is 7.46. The summed E-state index contributed by atoms with van der Waals surface area (Å²) in [6.45, 7) is 2.64. The highest BCUT2D eigenvalue weighted by Crippen LogP contribution is 2.22. The Labute approximate surface area is 174 Å². The lowest BCUT2D eigenvalue weighted by Crippen LogP contribution is -2.17. The van der Waals surface area contributed by atoms with Crippen LogP contribution in [0.2, 0.25) is 5.02 Å². The van der Waals surface area contributed by atoms with Crippen molar-refractivity contribution >= 4 is 64.8 Å². The number of hydrogen-bond donors (Lipinski definition) is 0. The van der Waals surface area contributed by atoms with E-state index in [0.717, 1.165) is 14.7 Å². The summed E-state index contributed by atoms with van der Waals surface area (Å²) in [4.78, 5) is 17.2. The fourth-order valence-electron chi connectivity index (χ4n) is 2.58. The first-order valence-corrected chi connectivity index (χ1v) is 11.8. The number of carbonyl (C=O) groups is 1. The molecule has 142 valence electrons. The first-order valence-electron chi connectivity index (χ1n) is 8.15. The molecule has 0 bridgehead atoms. The summed E-state index contributed by atoms with van der Waals surface area (Å²) >= 11 is 10.6. The quantitative estimate of drug-likeness (QED) is 0.534. The predicted octanol–water partition coefficient (Wildman–Crippen LogP) is 4.43. The molecule has 0 aliphatic carbocycles. The van der Waals surface area contributed by atoms with Crippen LogP contribution in [0.5, 0.6) is 0 Å². The number of nitrogens with zero attached hydrogens (tertiary/aromatic N) is 2. The van der Waals surface area contributed by atoms with E-state index in [9.17, 15) is 13.2 Å².